The Balaban J connectivity index is 2.19. The van der Waals surface area contributed by atoms with Gasteiger partial charge in [0.15, 0.2) is 0 Å². The fourth-order valence-electron chi connectivity index (χ4n) is 3.14. The van der Waals surface area contributed by atoms with Gasteiger partial charge in [-0.15, -0.1) is 0 Å². The van der Waals surface area contributed by atoms with Gasteiger partial charge in [0.05, 0.1) is 11.7 Å². The van der Waals surface area contributed by atoms with E-state index in [4.69, 9.17) is 4.74 Å². The van der Waals surface area contributed by atoms with Crippen molar-refractivity contribution in [2.75, 3.05) is 0 Å². The summed E-state index contributed by atoms with van der Waals surface area (Å²) in [7, 11) is 0. The zero-order chi connectivity index (χ0) is 10.6. The van der Waals surface area contributed by atoms with Crippen LogP contribution in [0.5, 0.6) is 0 Å². The first kappa shape index (κ1) is 10.2. The molecule has 0 aromatic heterocycles. The lowest BCUT2D eigenvalue weighted by Gasteiger charge is -2.40. The summed E-state index contributed by atoms with van der Waals surface area (Å²) < 4.78 is 5.76. The minimum atomic E-state index is 0.00736. The van der Waals surface area contributed by atoms with Crippen molar-refractivity contribution in [3.05, 3.63) is 0 Å². The average Bonchev–Trinajstić information content (AvgIpc) is 2.69. The number of fused-ring (bicyclic) bond motifs is 1. The Bertz CT molecular complexity index is 265. The summed E-state index contributed by atoms with van der Waals surface area (Å²) in [5.41, 5.74) is 0.265. The molecular formula is C12H20O2. The molecular weight excluding hydrogens is 176 g/mol. The normalized spacial score (nSPS) is 44.3. The standard InChI is InChI=1S/C12H20O2/c1-8(13)7-9-11(2,3)6-5-10-12(9,4)14-10/h9-10H,5-7H2,1-4H3/t9?,10-,12+/m0/s1. The second-order valence-electron chi connectivity index (χ2n) is 5.78. The molecule has 2 fully saturated rings. The Morgan fingerprint density at radius 1 is 1.43 bits per heavy atom. The fourth-order valence-corrected chi connectivity index (χ4v) is 3.14. The van der Waals surface area contributed by atoms with Crippen molar-refractivity contribution in [2.45, 2.75) is 58.7 Å². The first-order chi connectivity index (χ1) is 6.36. The fraction of sp³-hybridized carbons (Fsp3) is 0.917. The summed E-state index contributed by atoms with van der Waals surface area (Å²) in [6, 6.07) is 0. The van der Waals surface area contributed by atoms with Crippen LogP contribution in [-0.4, -0.2) is 17.5 Å². The third-order valence-electron chi connectivity index (χ3n) is 4.16. The maximum absolute atomic E-state index is 11.3. The minimum Gasteiger partial charge on any atom is -0.366 e. The van der Waals surface area contributed by atoms with Gasteiger partial charge in [-0.05, 0) is 32.1 Å². The Morgan fingerprint density at radius 3 is 2.64 bits per heavy atom. The van der Waals surface area contributed by atoms with Gasteiger partial charge in [-0.25, -0.2) is 0 Å². The smallest absolute Gasteiger partial charge is 0.130 e. The van der Waals surface area contributed by atoms with Crippen LogP contribution in [-0.2, 0) is 9.53 Å². The molecule has 0 N–H and O–H groups in total. The zero-order valence-electron chi connectivity index (χ0n) is 9.59. The van der Waals surface area contributed by atoms with Gasteiger partial charge >= 0.3 is 0 Å². The zero-order valence-corrected chi connectivity index (χ0v) is 9.59. The minimum absolute atomic E-state index is 0.00736. The predicted molar refractivity (Wildman–Crippen MR) is 55.1 cm³/mol. The van der Waals surface area contributed by atoms with Gasteiger partial charge in [-0.1, -0.05) is 13.8 Å². The highest BCUT2D eigenvalue weighted by molar-refractivity contribution is 5.76. The van der Waals surface area contributed by atoms with Gasteiger partial charge in [-0.2, -0.15) is 0 Å². The molecule has 14 heavy (non-hydrogen) atoms. The van der Waals surface area contributed by atoms with Crippen LogP contribution in [0.1, 0.15) is 47.0 Å². The molecule has 2 nitrogen and oxygen atoms in total. The van der Waals surface area contributed by atoms with Crippen LogP contribution in [0.15, 0.2) is 0 Å². The van der Waals surface area contributed by atoms with Crippen molar-refractivity contribution in [1.82, 2.24) is 0 Å². The maximum atomic E-state index is 11.3. The Hall–Kier alpha value is -0.370. The summed E-state index contributed by atoms with van der Waals surface area (Å²) >= 11 is 0. The quantitative estimate of drug-likeness (QED) is 0.635. The van der Waals surface area contributed by atoms with Crippen LogP contribution in [0.25, 0.3) is 0 Å². The summed E-state index contributed by atoms with van der Waals surface area (Å²) in [4.78, 5) is 11.3. The number of ketones is 1. The molecule has 1 heterocycles. The molecule has 2 aliphatic rings. The summed E-state index contributed by atoms with van der Waals surface area (Å²) in [5, 5.41) is 0. The molecule has 0 amide bonds. The van der Waals surface area contributed by atoms with Gasteiger partial charge in [-0.3, -0.25) is 0 Å². The number of ether oxygens (including phenoxy) is 1. The first-order valence-electron chi connectivity index (χ1n) is 5.53. The topological polar surface area (TPSA) is 29.6 Å². The number of epoxide rings is 1. The molecule has 1 saturated heterocycles. The number of carbonyl (C=O) groups excluding carboxylic acids is 1. The van der Waals surface area contributed by atoms with Gasteiger partial charge in [0, 0.05) is 12.3 Å². The van der Waals surface area contributed by atoms with E-state index < -0.39 is 0 Å². The largest absolute Gasteiger partial charge is 0.366 e. The molecule has 0 aromatic carbocycles. The van der Waals surface area contributed by atoms with E-state index in [9.17, 15) is 4.79 Å². The molecule has 3 atom stereocenters. The number of Topliss-reactive ketones (excluding diaryl/α,β-unsaturated/α-hetero) is 1. The van der Waals surface area contributed by atoms with Crippen molar-refractivity contribution < 1.29 is 9.53 Å². The van der Waals surface area contributed by atoms with E-state index >= 15 is 0 Å². The highest BCUT2D eigenvalue weighted by Gasteiger charge is 2.63. The molecule has 1 saturated carbocycles. The van der Waals surface area contributed by atoms with E-state index in [2.05, 4.69) is 20.8 Å². The summed E-state index contributed by atoms with van der Waals surface area (Å²) in [6.45, 7) is 8.39. The highest BCUT2D eigenvalue weighted by Crippen LogP contribution is 2.59. The van der Waals surface area contributed by atoms with E-state index in [-0.39, 0.29) is 11.0 Å². The van der Waals surface area contributed by atoms with E-state index in [1.807, 2.05) is 0 Å². The van der Waals surface area contributed by atoms with Crippen molar-refractivity contribution in [2.24, 2.45) is 11.3 Å². The molecule has 2 rings (SSSR count). The van der Waals surface area contributed by atoms with E-state index in [1.54, 1.807) is 6.92 Å². The highest BCUT2D eigenvalue weighted by atomic mass is 16.6. The average molecular weight is 196 g/mol. The number of hydrogen-bond acceptors (Lipinski definition) is 2. The molecule has 1 unspecified atom stereocenters. The van der Waals surface area contributed by atoms with Crippen LogP contribution < -0.4 is 0 Å². The molecule has 80 valence electrons. The maximum Gasteiger partial charge on any atom is 0.130 e. The second-order valence-corrected chi connectivity index (χ2v) is 5.78. The second kappa shape index (κ2) is 2.82. The lowest BCUT2D eigenvalue weighted by molar-refractivity contribution is -0.119. The van der Waals surface area contributed by atoms with Crippen LogP contribution in [0.3, 0.4) is 0 Å². The molecule has 0 radical (unpaired) electrons. The molecule has 2 heteroatoms. The first-order valence-corrected chi connectivity index (χ1v) is 5.53. The SMILES string of the molecule is CC(=O)CC1C(C)(C)CC[C@@H]2O[C@]12C. The van der Waals surface area contributed by atoms with Crippen molar-refractivity contribution in [3.8, 4) is 0 Å². The van der Waals surface area contributed by atoms with Gasteiger partial charge in [0.1, 0.15) is 5.78 Å². The number of rotatable bonds is 2. The van der Waals surface area contributed by atoms with Crippen LogP contribution in [0.4, 0.5) is 0 Å². The summed E-state index contributed by atoms with van der Waals surface area (Å²) in [6.07, 6.45) is 3.46. The van der Waals surface area contributed by atoms with Gasteiger partial charge in [0.25, 0.3) is 0 Å². The lowest BCUT2D eigenvalue weighted by atomic mass is 9.62. The molecule has 1 aliphatic heterocycles. The van der Waals surface area contributed by atoms with E-state index in [0.717, 1.165) is 6.42 Å². The van der Waals surface area contributed by atoms with E-state index in [0.29, 0.717) is 24.2 Å². The monoisotopic (exact) mass is 196 g/mol. The molecule has 0 aromatic rings. The van der Waals surface area contributed by atoms with Crippen LogP contribution in [0.2, 0.25) is 0 Å². The van der Waals surface area contributed by atoms with Crippen LogP contribution in [0, 0.1) is 11.3 Å². The molecule has 0 bridgehead atoms. The van der Waals surface area contributed by atoms with Gasteiger partial charge < -0.3 is 9.53 Å². The molecule has 0 spiro atoms. The lowest BCUT2D eigenvalue weighted by Crippen LogP contribution is -2.41. The van der Waals surface area contributed by atoms with Crippen molar-refractivity contribution in [1.29, 1.82) is 0 Å². The Morgan fingerprint density at radius 2 is 2.07 bits per heavy atom. The third-order valence-corrected chi connectivity index (χ3v) is 4.16. The summed E-state index contributed by atoms with van der Waals surface area (Å²) in [5.74, 6) is 0.701. The van der Waals surface area contributed by atoms with E-state index in [1.165, 1.54) is 6.42 Å². The Kier molecular flexibility index (Phi) is 2.04. The molecule has 1 aliphatic carbocycles. The predicted octanol–water partition coefficient (Wildman–Crippen LogP) is 2.56. The van der Waals surface area contributed by atoms with Crippen molar-refractivity contribution >= 4 is 5.78 Å². The van der Waals surface area contributed by atoms with Crippen molar-refractivity contribution in [3.63, 3.8) is 0 Å². The Labute approximate surface area is 86.0 Å². The number of hydrogen-bond donors (Lipinski definition) is 0. The number of carbonyl (C=O) groups is 1. The third kappa shape index (κ3) is 1.40. The van der Waals surface area contributed by atoms with Crippen LogP contribution >= 0.6 is 0 Å². The van der Waals surface area contributed by atoms with Gasteiger partial charge in [0.2, 0.25) is 0 Å².